The number of thiol groups is 1. The molecule has 0 aliphatic rings. The van der Waals surface area contributed by atoms with E-state index in [1.54, 1.807) is 0 Å². The first-order valence-corrected chi connectivity index (χ1v) is 15.9. The van der Waals surface area contributed by atoms with Crippen LogP contribution in [0.25, 0.3) is 0 Å². The van der Waals surface area contributed by atoms with Gasteiger partial charge in [0.25, 0.3) is 0 Å². The molecule has 0 fully saturated rings. The van der Waals surface area contributed by atoms with Crippen molar-refractivity contribution in [3.05, 3.63) is 35.9 Å². The summed E-state index contributed by atoms with van der Waals surface area (Å²) in [4.78, 5) is 17.8. The van der Waals surface area contributed by atoms with Gasteiger partial charge in [-0.3, -0.25) is 4.79 Å². The van der Waals surface area contributed by atoms with E-state index < -0.39 is 19.8 Å². The summed E-state index contributed by atoms with van der Waals surface area (Å²) in [6, 6.07) is 9.55. The second kappa shape index (κ2) is 10.0. The van der Waals surface area contributed by atoms with Crippen molar-refractivity contribution in [1.82, 2.24) is 0 Å². The van der Waals surface area contributed by atoms with Crippen molar-refractivity contribution >= 4 is 38.4 Å². The molecule has 90 valence electrons. The summed E-state index contributed by atoms with van der Waals surface area (Å²) in [6.45, 7) is 0.334. The Hall–Kier alpha value is -0.161. The number of benzene rings is 1. The van der Waals surface area contributed by atoms with E-state index in [0.717, 1.165) is 5.56 Å². The van der Waals surface area contributed by atoms with Crippen LogP contribution < -0.4 is 0 Å². The molecule has 1 rings (SSSR count). The van der Waals surface area contributed by atoms with Crippen molar-refractivity contribution in [2.75, 3.05) is 5.75 Å². The average molecular weight is 347 g/mol. The minimum absolute atomic E-state index is 0.132. The van der Waals surface area contributed by atoms with Crippen molar-refractivity contribution in [3.8, 4) is 0 Å². The first-order valence-electron chi connectivity index (χ1n) is 5.36. The van der Waals surface area contributed by atoms with Crippen LogP contribution in [0.15, 0.2) is 30.3 Å². The third-order valence-corrected chi connectivity index (χ3v) is 1.63. The van der Waals surface area contributed by atoms with Gasteiger partial charge in [0.1, 0.15) is 6.61 Å². The van der Waals surface area contributed by atoms with Gasteiger partial charge < -0.3 is 4.74 Å². The first kappa shape index (κ1) is 15.8. The molecule has 4 heteroatoms. The maximum atomic E-state index is 10.7. The van der Waals surface area contributed by atoms with E-state index in [4.69, 9.17) is 4.74 Å². The van der Waals surface area contributed by atoms with Gasteiger partial charge in [0.05, 0.1) is 5.75 Å². The fourth-order valence-corrected chi connectivity index (χ4v) is 0.875. The molecule has 0 amide bonds. The second-order valence-corrected chi connectivity index (χ2v) is 14.2. The fraction of sp³-hybridized carbons (Fsp3) is 0.417. The van der Waals surface area contributed by atoms with Gasteiger partial charge in [-0.15, -0.1) is 0 Å². The number of esters is 1. The molecule has 0 aromatic heterocycles. The summed E-state index contributed by atoms with van der Waals surface area (Å²) in [6.07, 6.45) is 0. The molecule has 1 aromatic carbocycles. The summed E-state index contributed by atoms with van der Waals surface area (Å²) in [5.74, 6) is -0.158. The van der Waals surface area contributed by atoms with Crippen LogP contribution in [-0.4, -0.2) is 31.5 Å². The van der Waals surface area contributed by atoms with E-state index in [1.807, 2.05) is 30.3 Å². The van der Waals surface area contributed by atoms with E-state index in [9.17, 15) is 4.79 Å². The summed E-state index contributed by atoms with van der Waals surface area (Å²) in [5.41, 5.74) is 0.993. The average Bonchev–Trinajstić information content (AvgIpc) is 2.26. The van der Waals surface area contributed by atoms with Crippen molar-refractivity contribution in [3.63, 3.8) is 0 Å². The van der Waals surface area contributed by atoms with Gasteiger partial charge >= 0.3 is 40.5 Å². The van der Waals surface area contributed by atoms with E-state index in [-0.39, 0.29) is 11.7 Å². The van der Waals surface area contributed by atoms with E-state index >= 15 is 0 Å². The van der Waals surface area contributed by atoms with Gasteiger partial charge in [-0.2, -0.15) is 12.6 Å². The number of ether oxygens (including phenoxy) is 1. The van der Waals surface area contributed by atoms with E-state index in [1.165, 1.54) is 0 Å². The molecule has 0 unspecified atom stereocenters. The van der Waals surface area contributed by atoms with Gasteiger partial charge in [-0.05, 0) is 5.56 Å². The normalized spacial score (nSPS) is 9.31. The molecule has 0 atom stereocenters. The molecular formula is C12H20O2SSn. The van der Waals surface area contributed by atoms with Gasteiger partial charge in [-0.25, -0.2) is 0 Å². The van der Waals surface area contributed by atoms with Gasteiger partial charge in [0.15, 0.2) is 0 Å². The van der Waals surface area contributed by atoms with Crippen LogP contribution in [0.5, 0.6) is 0 Å². The number of carbonyl (C=O) groups is 1. The maximum absolute atomic E-state index is 10.7. The van der Waals surface area contributed by atoms with Crippen LogP contribution >= 0.6 is 12.6 Å². The van der Waals surface area contributed by atoms with E-state index in [0.29, 0.717) is 6.61 Å². The third kappa shape index (κ3) is 10.4. The predicted molar refractivity (Wildman–Crippen MR) is 74.8 cm³/mol. The standard InChI is InChI=1S/C9H10O2S.3CH3.Sn.H/c10-9(7-12)11-6-8-4-2-1-3-5-8;;;;;/h1-5,12H,6-7H2;3*1H3;;. The third-order valence-electron chi connectivity index (χ3n) is 1.37. The Balaban J connectivity index is 0.000000487. The zero-order valence-corrected chi connectivity index (χ0v) is 14.3. The summed E-state index contributed by atoms with van der Waals surface area (Å²) in [5, 5.41) is 0. The summed E-state index contributed by atoms with van der Waals surface area (Å²) < 4.78 is 4.86. The monoisotopic (exact) mass is 348 g/mol. The van der Waals surface area contributed by atoms with Crippen LogP contribution in [0, 0.1) is 0 Å². The fourth-order valence-electron chi connectivity index (χ4n) is 0.784. The summed E-state index contributed by atoms with van der Waals surface area (Å²) >= 11 is 3.15. The van der Waals surface area contributed by atoms with Gasteiger partial charge in [0.2, 0.25) is 0 Å². The minimum atomic E-state index is -0.637. The Bertz CT molecular complexity index is 286. The molecule has 0 saturated carbocycles. The molecule has 0 aliphatic carbocycles. The number of hydrogen-bond donors (Lipinski definition) is 1. The van der Waals surface area contributed by atoms with E-state index in [2.05, 4.69) is 27.4 Å². The Morgan fingerprint density at radius 2 is 1.75 bits per heavy atom. The molecule has 0 N–H and O–H groups in total. The van der Waals surface area contributed by atoms with Crippen LogP contribution in [-0.2, 0) is 16.1 Å². The Kier molecular flexibility index (Phi) is 9.92. The molecule has 0 aliphatic heterocycles. The van der Waals surface area contributed by atoms with Crippen molar-refractivity contribution < 1.29 is 9.53 Å². The SMILES string of the molecule is O=C(CS)OCc1ccccc1.[CH3][SnH]([CH3])[CH3]. The van der Waals surface area contributed by atoms with Crippen molar-refractivity contribution in [1.29, 1.82) is 0 Å². The van der Waals surface area contributed by atoms with Crippen LogP contribution in [0.4, 0.5) is 0 Å². The zero-order chi connectivity index (χ0) is 12.4. The number of hydrogen-bond acceptors (Lipinski definition) is 3. The Morgan fingerprint density at radius 1 is 1.25 bits per heavy atom. The predicted octanol–water partition coefficient (Wildman–Crippen LogP) is 2.76. The molecule has 0 heterocycles. The van der Waals surface area contributed by atoms with Crippen LogP contribution in [0.1, 0.15) is 5.56 Å². The summed E-state index contributed by atoms with van der Waals surface area (Å²) in [7, 11) is 0. The molecular weight excluding hydrogens is 327 g/mol. The van der Waals surface area contributed by atoms with Gasteiger partial charge in [-0.1, -0.05) is 30.3 Å². The molecule has 2 nitrogen and oxygen atoms in total. The Morgan fingerprint density at radius 3 is 2.19 bits per heavy atom. The molecule has 0 bridgehead atoms. The van der Waals surface area contributed by atoms with Crippen molar-refractivity contribution in [2.45, 2.75) is 21.4 Å². The zero-order valence-electron chi connectivity index (χ0n) is 10.1. The van der Waals surface area contributed by atoms with Crippen molar-refractivity contribution in [2.24, 2.45) is 0 Å². The van der Waals surface area contributed by atoms with Crippen LogP contribution in [0.2, 0.25) is 14.8 Å². The quantitative estimate of drug-likeness (QED) is 0.517. The number of rotatable bonds is 3. The molecule has 16 heavy (non-hydrogen) atoms. The van der Waals surface area contributed by atoms with Crippen LogP contribution in [0.3, 0.4) is 0 Å². The number of carbonyl (C=O) groups excluding carboxylic acids is 1. The molecule has 0 spiro atoms. The van der Waals surface area contributed by atoms with Gasteiger partial charge in [0, 0.05) is 0 Å². The second-order valence-electron chi connectivity index (χ2n) is 4.04. The molecule has 1 aromatic rings. The first-order chi connectivity index (χ1) is 7.56. The molecule has 0 radical (unpaired) electrons. The topological polar surface area (TPSA) is 26.3 Å². The molecule has 0 saturated heterocycles. The Labute approximate surface area is 111 Å².